The second-order valence-corrected chi connectivity index (χ2v) is 3.95. The van der Waals surface area contributed by atoms with Crippen LogP contribution in [-0.2, 0) is 56.6 Å². The molecule has 1 unspecified atom stereocenters. The number of nitrogens with one attached hydrogen (secondary N) is 2. The molecule has 0 bridgehead atoms. The van der Waals surface area contributed by atoms with Crippen molar-refractivity contribution in [2.24, 2.45) is 0 Å². The summed E-state index contributed by atoms with van der Waals surface area (Å²) < 4.78 is 9.30. The predicted molar refractivity (Wildman–Crippen MR) is 81.1 cm³/mol. The van der Waals surface area contributed by atoms with Gasteiger partial charge in [-0.05, 0) is 6.42 Å². The zero-order chi connectivity index (χ0) is 14.5. The Labute approximate surface area is 159 Å². The Morgan fingerprint density at radius 1 is 1.05 bits per heavy atom. The minimum Gasteiger partial charge on any atom is -0.540 e. The van der Waals surface area contributed by atoms with Crippen LogP contribution in [0.4, 0.5) is 0 Å². The molecule has 0 spiro atoms. The number of amides is 2. The quantitative estimate of drug-likeness (QED) is 0.383. The second kappa shape index (κ2) is 20.6. The third-order valence-corrected chi connectivity index (χ3v) is 2.27. The van der Waals surface area contributed by atoms with Crippen molar-refractivity contribution in [3.63, 3.8) is 0 Å². The topological polar surface area (TPSA) is 93.7 Å². The maximum Gasteiger partial charge on any atom is 3.00 e. The van der Waals surface area contributed by atoms with E-state index in [2.05, 4.69) is 20.1 Å². The number of hydrogen-bond donors (Lipinski definition) is 2. The van der Waals surface area contributed by atoms with Gasteiger partial charge in [-0.1, -0.05) is 18.9 Å². The average Bonchev–Trinajstić information content (AvgIpc) is 2.37. The summed E-state index contributed by atoms with van der Waals surface area (Å²) in [5, 5.41) is 5.16. The summed E-state index contributed by atoms with van der Waals surface area (Å²) in [6.07, 6.45) is 3.66. The number of carbonyl (C=O) groups is 2. The van der Waals surface area contributed by atoms with Crippen molar-refractivity contribution in [3.8, 4) is 0 Å². The van der Waals surface area contributed by atoms with Crippen LogP contribution in [-0.4, -0.2) is 58.1 Å². The van der Waals surface area contributed by atoms with Gasteiger partial charge in [0.15, 0.2) is 0 Å². The van der Waals surface area contributed by atoms with Gasteiger partial charge in [0.25, 0.3) is 0 Å². The van der Waals surface area contributed by atoms with Crippen LogP contribution in [0.5, 0.6) is 0 Å². The molecule has 0 aromatic heterocycles. The maximum absolute atomic E-state index is 11.2. The van der Waals surface area contributed by atoms with E-state index in [9.17, 15) is 14.4 Å². The summed E-state index contributed by atoms with van der Waals surface area (Å²) in [6.45, 7) is 0.475. The van der Waals surface area contributed by atoms with Crippen molar-refractivity contribution in [2.75, 3.05) is 34.0 Å². The molecule has 1 atom stereocenters. The molecule has 126 valence electrons. The molecule has 0 saturated heterocycles. The standard InChI is InChI=1S/C12H21N2O5.2CH3.Y/c1-18-8-11(16)13-6-4-3-5-10(7-15)14-12(17)9-19-2;;;/h10H,3-6,8-9H2,1-2H3,(H,13,16)(H,14,17);2*1H3;/q3*-1;+3. The minimum atomic E-state index is -0.627. The van der Waals surface area contributed by atoms with Crippen LogP contribution in [0.3, 0.4) is 0 Å². The van der Waals surface area contributed by atoms with Gasteiger partial charge >= 0.3 is 32.7 Å². The molecule has 0 aliphatic carbocycles. The van der Waals surface area contributed by atoms with Crippen molar-refractivity contribution < 1.29 is 56.6 Å². The Bertz CT molecular complexity index is 290. The van der Waals surface area contributed by atoms with E-state index in [4.69, 9.17) is 0 Å². The molecule has 0 aromatic carbocycles. The van der Waals surface area contributed by atoms with Gasteiger partial charge in [0.05, 0.1) is 0 Å². The zero-order valence-electron chi connectivity index (χ0n) is 13.9. The van der Waals surface area contributed by atoms with E-state index in [1.54, 1.807) is 6.29 Å². The van der Waals surface area contributed by atoms with Gasteiger partial charge in [-0.2, -0.15) is 0 Å². The third-order valence-electron chi connectivity index (χ3n) is 2.27. The summed E-state index contributed by atoms with van der Waals surface area (Å²) >= 11 is 0. The van der Waals surface area contributed by atoms with Crippen molar-refractivity contribution in [1.82, 2.24) is 10.6 Å². The van der Waals surface area contributed by atoms with Crippen LogP contribution in [0.2, 0.25) is 0 Å². The van der Waals surface area contributed by atoms with Gasteiger partial charge in [0, 0.05) is 20.8 Å². The van der Waals surface area contributed by atoms with Crippen molar-refractivity contribution in [2.45, 2.75) is 25.3 Å². The molecule has 0 aliphatic heterocycles. The van der Waals surface area contributed by atoms with Crippen molar-refractivity contribution >= 4 is 18.1 Å². The largest absolute Gasteiger partial charge is 3.00 e. The van der Waals surface area contributed by atoms with E-state index in [0.29, 0.717) is 25.8 Å². The molecule has 22 heavy (non-hydrogen) atoms. The van der Waals surface area contributed by atoms with E-state index in [0.717, 1.165) is 0 Å². The van der Waals surface area contributed by atoms with Gasteiger partial charge in [-0.3, -0.25) is 9.59 Å². The van der Waals surface area contributed by atoms with E-state index >= 15 is 0 Å². The summed E-state index contributed by atoms with van der Waals surface area (Å²) in [5.74, 6) is -0.515. The van der Waals surface area contributed by atoms with Gasteiger partial charge in [-0.15, -0.1) is 0 Å². The first-order valence-electron chi connectivity index (χ1n) is 6.05. The van der Waals surface area contributed by atoms with E-state index in [1.165, 1.54) is 14.2 Å². The third kappa shape index (κ3) is 17.7. The van der Waals surface area contributed by atoms with Gasteiger partial charge < -0.3 is 39.8 Å². The fraction of sp³-hybridized carbons (Fsp3) is 0.643. The molecule has 2 amide bonds. The predicted octanol–water partition coefficient (Wildman–Crippen LogP) is 0.0583. The van der Waals surface area contributed by atoms with E-state index < -0.39 is 6.04 Å². The van der Waals surface area contributed by atoms with Gasteiger partial charge in [-0.25, -0.2) is 6.29 Å². The molecule has 0 aliphatic rings. The first kappa shape index (κ1) is 29.6. The number of rotatable bonds is 11. The van der Waals surface area contributed by atoms with Crippen LogP contribution in [0.15, 0.2) is 0 Å². The Kier molecular flexibility index (Phi) is 27.8. The molecule has 0 aromatic rings. The van der Waals surface area contributed by atoms with Gasteiger partial charge in [0.2, 0.25) is 11.8 Å². The Morgan fingerprint density at radius 2 is 1.59 bits per heavy atom. The van der Waals surface area contributed by atoms with Crippen LogP contribution >= 0.6 is 0 Å². The molecule has 2 N–H and O–H groups in total. The smallest absolute Gasteiger partial charge is 0.540 e. The molecular formula is C14H27N2O5Y. The monoisotopic (exact) mass is 392 g/mol. The number of methoxy groups -OCH3 is 2. The van der Waals surface area contributed by atoms with Crippen LogP contribution in [0, 0.1) is 14.9 Å². The summed E-state index contributed by atoms with van der Waals surface area (Å²) in [7, 11) is 2.86. The summed E-state index contributed by atoms with van der Waals surface area (Å²) in [4.78, 5) is 32.9. The fourth-order valence-corrected chi connectivity index (χ4v) is 1.41. The van der Waals surface area contributed by atoms with Crippen LogP contribution in [0.1, 0.15) is 19.3 Å². The number of ether oxygens (including phenoxy) is 2. The summed E-state index contributed by atoms with van der Waals surface area (Å²) in [5.41, 5.74) is 0. The molecule has 7 nitrogen and oxygen atoms in total. The second-order valence-electron chi connectivity index (χ2n) is 3.95. The van der Waals surface area contributed by atoms with Crippen molar-refractivity contribution in [3.05, 3.63) is 14.9 Å². The summed E-state index contributed by atoms with van der Waals surface area (Å²) in [6, 6.07) is -0.627. The first-order valence-corrected chi connectivity index (χ1v) is 6.05. The number of hydrogen-bond acceptors (Lipinski definition) is 5. The number of carbonyl (C=O) groups excluding carboxylic acids is 3. The fourth-order valence-electron chi connectivity index (χ4n) is 1.41. The normalized spacial score (nSPS) is 10.1. The average molecular weight is 392 g/mol. The zero-order valence-corrected chi connectivity index (χ0v) is 16.8. The number of unbranched alkanes of at least 4 members (excludes halogenated alkanes) is 1. The molecule has 8 heteroatoms. The first-order chi connectivity index (χ1) is 9.13. The molecule has 0 radical (unpaired) electrons. The van der Waals surface area contributed by atoms with Crippen molar-refractivity contribution in [1.29, 1.82) is 0 Å². The van der Waals surface area contributed by atoms with Crippen LogP contribution in [0.25, 0.3) is 0 Å². The Balaban J connectivity index is -0.000000540. The van der Waals surface area contributed by atoms with Gasteiger partial charge in [0.1, 0.15) is 13.2 Å². The molecular weight excluding hydrogens is 365 g/mol. The minimum absolute atomic E-state index is 0. The molecule has 0 rings (SSSR count). The maximum atomic E-state index is 11.2. The Hall–Kier alpha value is -0.366. The van der Waals surface area contributed by atoms with E-state index in [1.807, 2.05) is 0 Å². The van der Waals surface area contributed by atoms with E-state index in [-0.39, 0.29) is 72.6 Å². The van der Waals surface area contributed by atoms with Crippen LogP contribution < -0.4 is 10.6 Å². The SMILES string of the molecule is COCC(=O)NCCCCC([C-]=O)NC(=O)COC.[CH3-].[CH3-].[Y+3]. The molecule has 0 saturated carbocycles. The molecule has 0 fully saturated rings. The Morgan fingerprint density at radius 3 is 2.09 bits per heavy atom. The molecule has 0 heterocycles.